The Hall–Kier alpha value is -3.29. The number of oxime groups is 1. The number of thioether (sulfide) groups is 2. The van der Waals surface area contributed by atoms with Crippen LogP contribution in [0.15, 0.2) is 21.1 Å². The lowest BCUT2D eigenvalue weighted by molar-refractivity contribution is -0.150. The van der Waals surface area contributed by atoms with Crippen molar-refractivity contribution in [3.63, 3.8) is 0 Å². The van der Waals surface area contributed by atoms with Crippen molar-refractivity contribution in [3.8, 4) is 6.07 Å². The van der Waals surface area contributed by atoms with Gasteiger partial charge in [0, 0.05) is 28.2 Å². The highest BCUT2D eigenvalue weighted by Crippen LogP contribution is 2.43. The van der Waals surface area contributed by atoms with Gasteiger partial charge in [0.15, 0.2) is 10.8 Å². The number of β-lactam (4-membered cyclic amide) rings is 1. The van der Waals surface area contributed by atoms with Crippen LogP contribution in [0.3, 0.4) is 0 Å². The smallest absolute Gasteiger partial charge is 0.353 e. The topological polar surface area (TPSA) is 208 Å². The van der Waals surface area contributed by atoms with Gasteiger partial charge in [-0.1, -0.05) is 5.16 Å². The number of anilines is 1. The molecule has 1 saturated heterocycles. The Bertz CT molecular complexity index is 1100. The average Bonchev–Trinajstić information content (AvgIpc) is 3.19. The summed E-state index contributed by atoms with van der Waals surface area (Å²) >= 11 is 3.49. The predicted molar refractivity (Wildman–Crippen MR) is 119 cm³/mol. The molecule has 0 aromatic carbocycles. The van der Waals surface area contributed by atoms with E-state index in [9.17, 15) is 24.3 Å². The fraction of sp³-hybridized carbons (Fsp3) is 0.353. The first-order valence-electron chi connectivity index (χ1n) is 9.09. The van der Waals surface area contributed by atoms with E-state index >= 15 is 0 Å². The number of rotatable bonds is 10. The molecule has 0 aliphatic carbocycles. The maximum Gasteiger partial charge on any atom is 0.353 e. The van der Waals surface area contributed by atoms with Gasteiger partial charge in [0.1, 0.15) is 22.8 Å². The van der Waals surface area contributed by atoms with Crippen LogP contribution in [0.5, 0.6) is 0 Å². The zero-order valence-corrected chi connectivity index (χ0v) is 19.0. The Morgan fingerprint density at radius 1 is 1.45 bits per heavy atom. The first kappa shape index (κ1) is 24.4. The lowest BCUT2D eigenvalue weighted by Crippen LogP contribution is -2.71. The van der Waals surface area contributed by atoms with E-state index in [0.29, 0.717) is 16.4 Å². The van der Waals surface area contributed by atoms with Crippen molar-refractivity contribution in [2.45, 2.75) is 17.8 Å². The third-order valence-electron chi connectivity index (χ3n) is 4.24. The molecule has 3 heterocycles. The van der Waals surface area contributed by atoms with Crippen LogP contribution in [0.4, 0.5) is 5.13 Å². The minimum Gasteiger partial charge on any atom is -0.479 e. The molecule has 2 aliphatic heterocycles. The summed E-state index contributed by atoms with van der Waals surface area (Å²) in [5.74, 6) is -3.39. The summed E-state index contributed by atoms with van der Waals surface area (Å²) in [7, 11) is 0. The largest absolute Gasteiger partial charge is 0.479 e. The van der Waals surface area contributed by atoms with Crippen molar-refractivity contribution < 1.29 is 34.2 Å². The predicted octanol–water partition coefficient (Wildman–Crippen LogP) is -0.126. The third-order valence-corrected chi connectivity index (χ3v) is 7.47. The summed E-state index contributed by atoms with van der Waals surface area (Å²) < 4.78 is 0. The van der Waals surface area contributed by atoms with Crippen molar-refractivity contribution in [2.24, 2.45) is 5.16 Å². The Morgan fingerprint density at radius 3 is 2.82 bits per heavy atom. The van der Waals surface area contributed by atoms with Crippen LogP contribution >= 0.6 is 34.9 Å². The van der Waals surface area contributed by atoms with Gasteiger partial charge in [0.05, 0.1) is 6.07 Å². The van der Waals surface area contributed by atoms with Crippen molar-refractivity contribution in [1.82, 2.24) is 15.2 Å². The molecule has 2 amide bonds. The number of carboxylic acid groups (broad SMARTS) is 2. The number of aliphatic carboxylic acids is 2. The minimum absolute atomic E-state index is 0.0302. The highest BCUT2D eigenvalue weighted by Gasteiger charge is 2.54. The Balaban J connectivity index is 1.76. The summed E-state index contributed by atoms with van der Waals surface area (Å²) in [4.78, 5) is 58.2. The van der Waals surface area contributed by atoms with Crippen molar-refractivity contribution >= 4 is 69.5 Å². The van der Waals surface area contributed by atoms with E-state index in [-0.39, 0.29) is 28.7 Å². The molecule has 1 aromatic heterocycles. The fourth-order valence-electron chi connectivity index (χ4n) is 2.88. The molecule has 174 valence electrons. The highest BCUT2D eigenvalue weighted by molar-refractivity contribution is 8.06. The number of carbonyl (C=O) groups is 4. The molecule has 1 aromatic rings. The molecule has 0 unspecified atom stereocenters. The molecule has 0 bridgehead atoms. The lowest BCUT2D eigenvalue weighted by atomic mass is 10.0. The number of hydrogen-bond donors (Lipinski definition) is 4. The number of thiazole rings is 1. The molecule has 33 heavy (non-hydrogen) atoms. The second-order valence-electron chi connectivity index (χ2n) is 6.37. The maximum atomic E-state index is 12.8. The van der Waals surface area contributed by atoms with Gasteiger partial charge < -0.3 is 26.1 Å². The Kier molecular flexibility index (Phi) is 7.79. The number of hydrogen-bond acceptors (Lipinski definition) is 12. The van der Waals surface area contributed by atoms with Crippen LogP contribution in [0.2, 0.25) is 0 Å². The number of fused-ring (bicyclic) bond motifs is 1. The molecule has 2 aliphatic rings. The van der Waals surface area contributed by atoms with E-state index in [1.165, 1.54) is 28.9 Å². The zero-order valence-electron chi connectivity index (χ0n) is 16.6. The van der Waals surface area contributed by atoms with E-state index in [4.69, 9.17) is 16.1 Å². The molecule has 0 spiro atoms. The van der Waals surface area contributed by atoms with E-state index in [1.54, 1.807) is 0 Å². The van der Waals surface area contributed by atoms with Gasteiger partial charge in [0.2, 0.25) is 6.61 Å². The van der Waals surface area contributed by atoms with Gasteiger partial charge in [-0.2, -0.15) is 5.26 Å². The number of amides is 2. The summed E-state index contributed by atoms with van der Waals surface area (Å²) in [6, 6.07) is 0.938. The van der Waals surface area contributed by atoms with E-state index < -0.39 is 41.8 Å². The van der Waals surface area contributed by atoms with Crippen LogP contribution in [0.1, 0.15) is 12.1 Å². The standard InChI is InChI=1S/C17H16N6O7S3/c18-2-1-3-31-8-6-32-15-11(14(27)23(15)12(8)16(28)29)21-13(26)10(22-30-4-9(24)25)7-5-33-17(19)20-7/h5,11,15H,1,3-4,6H2,(H2,19,20)(H,21,26)(H,24,25)(H,28,29)/b22-10-/t11-,15-/m1/s1. The molecule has 0 radical (unpaired) electrons. The number of carbonyl (C=O) groups excluding carboxylic acids is 2. The van der Waals surface area contributed by atoms with Crippen LogP contribution in [0, 0.1) is 11.3 Å². The van der Waals surface area contributed by atoms with Gasteiger partial charge in [-0.25, -0.2) is 14.6 Å². The van der Waals surface area contributed by atoms with Crippen molar-refractivity contribution in [3.05, 3.63) is 21.7 Å². The molecule has 1 fully saturated rings. The SMILES string of the molecule is N#CCCSC1=C(C(=O)O)N2C(=O)[C@@H](NC(=O)/C(=N\OCC(=O)O)c3csc(N)n3)[C@H]2SC1. The maximum absolute atomic E-state index is 12.8. The monoisotopic (exact) mass is 512 g/mol. The average molecular weight is 513 g/mol. The molecular formula is C17H16N6O7S3. The molecule has 16 heteroatoms. The molecule has 0 saturated carbocycles. The minimum atomic E-state index is -1.31. The number of nitriles is 1. The number of aromatic nitrogens is 1. The number of carboxylic acids is 2. The third kappa shape index (κ3) is 5.38. The quantitative estimate of drug-likeness (QED) is 0.140. The van der Waals surface area contributed by atoms with Gasteiger partial charge >= 0.3 is 11.9 Å². The normalized spacial score (nSPS) is 19.9. The van der Waals surface area contributed by atoms with Gasteiger partial charge in [0.25, 0.3) is 11.8 Å². The molecular weight excluding hydrogens is 496 g/mol. The highest BCUT2D eigenvalue weighted by atomic mass is 32.2. The zero-order chi connectivity index (χ0) is 24.1. The van der Waals surface area contributed by atoms with Crippen LogP contribution < -0.4 is 11.1 Å². The van der Waals surface area contributed by atoms with Gasteiger partial charge in [-0.05, 0) is 0 Å². The first-order chi connectivity index (χ1) is 15.7. The molecule has 3 rings (SSSR count). The van der Waals surface area contributed by atoms with Crippen molar-refractivity contribution in [2.75, 3.05) is 23.8 Å². The van der Waals surface area contributed by atoms with Crippen LogP contribution in [-0.2, 0) is 24.0 Å². The number of nitrogens with zero attached hydrogens (tertiary/aromatic N) is 4. The van der Waals surface area contributed by atoms with Crippen LogP contribution in [0.25, 0.3) is 0 Å². The second kappa shape index (κ2) is 10.6. The number of nitrogens with one attached hydrogen (secondary N) is 1. The number of nitrogens with two attached hydrogens (primary N) is 1. The second-order valence-corrected chi connectivity index (χ2v) is 9.56. The van der Waals surface area contributed by atoms with E-state index in [1.807, 2.05) is 6.07 Å². The Labute approximate surface area is 198 Å². The van der Waals surface area contributed by atoms with Crippen molar-refractivity contribution in [1.29, 1.82) is 5.26 Å². The van der Waals surface area contributed by atoms with Crippen LogP contribution in [-0.4, -0.2) is 79.1 Å². The van der Waals surface area contributed by atoms with E-state index in [0.717, 1.165) is 16.2 Å². The first-order valence-corrected chi connectivity index (χ1v) is 12.0. The Morgan fingerprint density at radius 2 is 2.21 bits per heavy atom. The fourth-order valence-corrected chi connectivity index (χ4v) is 5.93. The summed E-state index contributed by atoms with van der Waals surface area (Å²) in [6.45, 7) is -0.802. The summed E-state index contributed by atoms with van der Waals surface area (Å²) in [5, 5.41) is 33.9. The molecule has 2 atom stereocenters. The van der Waals surface area contributed by atoms with Gasteiger partial charge in [-0.15, -0.1) is 34.9 Å². The lowest BCUT2D eigenvalue weighted by Gasteiger charge is -2.49. The van der Waals surface area contributed by atoms with Gasteiger partial charge in [-0.3, -0.25) is 14.5 Å². The molecule has 13 nitrogen and oxygen atoms in total. The summed E-state index contributed by atoms with van der Waals surface area (Å²) in [5.41, 5.74) is 5.07. The van der Waals surface area contributed by atoms with E-state index in [2.05, 4.69) is 20.3 Å². The number of nitrogen functional groups attached to an aromatic ring is 1. The summed E-state index contributed by atoms with van der Waals surface area (Å²) in [6.07, 6.45) is 0.231. The molecule has 5 N–H and O–H groups in total.